The molecule has 1 aliphatic rings. The topological polar surface area (TPSA) is 83.6 Å². The van der Waals surface area contributed by atoms with Crippen molar-refractivity contribution in [3.63, 3.8) is 0 Å². The second-order valence-corrected chi connectivity index (χ2v) is 8.71. The van der Waals surface area contributed by atoms with Crippen LogP contribution in [0.5, 0.6) is 0 Å². The van der Waals surface area contributed by atoms with E-state index in [1.807, 2.05) is 0 Å². The molecule has 0 spiro atoms. The molecule has 0 saturated carbocycles. The van der Waals surface area contributed by atoms with Gasteiger partial charge < -0.3 is 5.32 Å². The molecule has 2 amide bonds. The van der Waals surface area contributed by atoms with Gasteiger partial charge in [0.1, 0.15) is 5.82 Å². The quantitative estimate of drug-likeness (QED) is 0.804. The number of sulfonamides is 1. The third-order valence-electron chi connectivity index (χ3n) is 3.97. The molecule has 6 nitrogen and oxygen atoms in total. The van der Waals surface area contributed by atoms with Gasteiger partial charge in [0.05, 0.1) is 33.0 Å². The normalized spacial score (nSPS) is 18.6. The smallest absolute Gasteiger partial charge is 0.257 e. The van der Waals surface area contributed by atoms with Crippen molar-refractivity contribution in [2.75, 3.05) is 15.4 Å². The zero-order chi connectivity index (χ0) is 19.9. The molecular weight excluding hydrogens is 418 g/mol. The molecule has 3 rings (SSSR count). The third kappa shape index (κ3) is 3.78. The molecule has 1 fully saturated rings. The molecule has 0 radical (unpaired) electrons. The highest BCUT2D eigenvalue weighted by atomic mass is 35.5. The summed E-state index contributed by atoms with van der Waals surface area (Å²) in [4.78, 5) is 24.7. The van der Waals surface area contributed by atoms with E-state index in [0.717, 1.165) is 6.07 Å². The van der Waals surface area contributed by atoms with Crippen LogP contribution in [0.2, 0.25) is 10.0 Å². The van der Waals surface area contributed by atoms with Crippen LogP contribution in [0.25, 0.3) is 0 Å². The molecule has 1 atom stereocenters. The molecule has 10 heteroatoms. The predicted octanol–water partition coefficient (Wildman–Crippen LogP) is 3.70. The van der Waals surface area contributed by atoms with Gasteiger partial charge in [0.15, 0.2) is 0 Å². The molecule has 1 unspecified atom stereocenters. The standard InChI is InChI=1S/C17H13Cl2FN2O4S/c1-9-8-27(25,26)22(17(9)24)11-3-4-13(18)12(7-11)16(23)21-10-2-5-15(20)14(19)6-10/h2-7,9H,8H2,1H3,(H,21,23). The lowest BCUT2D eigenvalue weighted by Crippen LogP contribution is -2.30. The zero-order valence-electron chi connectivity index (χ0n) is 13.9. The Bertz CT molecular complexity index is 1060. The maximum absolute atomic E-state index is 13.2. The van der Waals surface area contributed by atoms with Crippen LogP contribution < -0.4 is 9.62 Å². The number of benzene rings is 2. The second-order valence-electron chi connectivity index (χ2n) is 6.03. The first kappa shape index (κ1) is 19.6. The number of carbonyl (C=O) groups is 2. The molecule has 2 aromatic rings. The van der Waals surface area contributed by atoms with Crippen molar-refractivity contribution in [2.24, 2.45) is 5.92 Å². The van der Waals surface area contributed by atoms with Crippen LogP contribution in [0, 0.1) is 11.7 Å². The second kappa shape index (κ2) is 7.10. The van der Waals surface area contributed by atoms with Crippen molar-refractivity contribution in [1.82, 2.24) is 0 Å². The van der Waals surface area contributed by atoms with Crippen molar-refractivity contribution in [1.29, 1.82) is 0 Å². The Balaban J connectivity index is 1.95. The highest BCUT2D eigenvalue weighted by molar-refractivity contribution is 7.94. The van der Waals surface area contributed by atoms with E-state index in [0.29, 0.717) is 4.31 Å². The van der Waals surface area contributed by atoms with E-state index < -0.39 is 33.6 Å². The largest absolute Gasteiger partial charge is 0.322 e. The molecule has 0 bridgehead atoms. The fraction of sp³-hybridized carbons (Fsp3) is 0.176. The van der Waals surface area contributed by atoms with E-state index in [4.69, 9.17) is 23.2 Å². The number of carbonyl (C=O) groups excluding carboxylic acids is 2. The van der Waals surface area contributed by atoms with Crippen LogP contribution >= 0.6 is 23.2 Å². The fourth-order valence-corrected chi connectivity index (χ4v) is 4.87. The Morgan fingerprint density at radius 3 is 2.48 bits per heavy atom. The van der Waals surface area contributed by atoms with Crippen molar-refractivity contribution in [2.45, 2.75) is 6.92 Å². The fourth-order valence-electron chi connectivity index (χ4n) is 2.67. The van der Waals surface area contributed by atoms with Gasteiger partial charge in [-0.1, -0.05) is 30.1 Å². The summed E-state index contributed by atoms with van der Waals surface area (Å²) in [6.07, 6.45) is 0. The number of nitrogens with zero attached hydrogens (tertiary/aromatic N) is 1. The average molecular weight is 431 g/mol. The van der Waals surface area contributed by atoms with Gasteiger partial charge in [-0.3, -0.25) is 9.59 Å². The Hall–Kier alpha value is -2.16. The van der Waals surface area contributed by atoms with Gasteiger partial charge in [-0.25, -0.2) is 17.1 Å². The lowest BCUT2D eigenvalue weighted by molar-refractivity contribution is -0.119. The summed E-state index contributed by atoms with van der Waals surface area (Å²) in [6.45, 7) is 1.52. The zero-order valence-corrected chi connectivity index (χ0v) is 16.2. The Kier molecular flexibility index (Phi) is 5.16. The highest BCUT2D eigenvalue weighted by Gasteiger charge is 2.42. The first-order valence-corrected chi connectivity index (χ1v) is 10.1. The molecule has 1 heterocycles. The average Bonchev–Trinajstić information content (AvgIpc) is 2.79. The number of hydrogen-bond donors (Lipinski definition) is 1. The van der Waals surface area contributed by atoms with Gasteiger partial charge in [-0.05, 0) is 36.4 Å². The Morgan fingerprint density at radius 2 is 1.89 bits per heavy atom. The van der Waals surface area contributed by atoms with Crippen LogP contribution in [0.15, 0.2) is 36.4 Å². The minimum Gasteiger partial charge on any atom is -0.322 e. The first-order valence-electron chi connectivity index (χ1n) is 7.73. The van der Waals surface area contributed by atoms with Gasteiger partial charge in [-0.2, -0.15) is 0 Å². The van der Waals surface area contributed by atoms with Crippen LogP contribution in [0.1, 0.15) is 17.3 Å². The SMILES string of the molecule is CC1CS(=O)(=O)N(c2ccc(Cl)c(C(=O)Nc3ccc(F)c(Cl)c3)c2)C1=O. The van der Waals surface area contributed by atoms with E-state index in [1.165, 1.54) is 37.3 Å². The summed E-state index contributed by atoms with van der Waals surface area (Å²) in [5.41, 5.74) is 0.208. The molecule has 1 aliphatic heterocycles. The van der Waals surface area contributed by atoms with Gasteiger partial charge >= 0.3 is 0 Å². The molecule has 0 aromatic heterocycles. The van der Waals surface area contributed by atoms with Crippen molar-refractivity contribution in [3.8, 4) is 0 Å². The Morgan fingerprint density at radius 1 is 1.19 bits per heavy atom. The minimum absolute atomic E-state index is 0.0241. The van der Waals surface area contributed by atoms with Crippen LogP contribution in [-0.2, 0) is 14.8 Å². The molecule has 1 N–H and O–H groups in total. The van der Waals surface area contributed by atoms with E-state index in [9.17, 15) is 22.4 Å². The first-order chi connectivity index (χ1) is 12.6. The highest BCUT2D eigenvalue weighted by Crippen LogP contribution is 2.31. The van der Waals surface area contributed by atoms with Crippen LogP contribution in [-0.4, -0.2) is 26.0 Å². The predicted molar refractivity (Wildman–Crippen MR) is 101 cm³/mol. The lowest BCUT2D eigenvalue weighted by atomic mass is 10.1. The lowest BCUT2D eigenvalue weighted by Gasteiger charge is -2.17. The van der Waals surface area contributed by atoms with E-state index in [1.54, 1.807) is 0 Å². The van der Waals surface area contributed by atoms with E-state index >= 15 is 0 Å². The molecular formula is C17H13Cl2FN2O4S. The number of nitrogens with one attached hydrogen (secondary N) is 1. The van der Waals surface area contributed by atoms with Crippen molar-refractivity contribution >= 4 is 56.4 Å². The van der Waals surface area contributed by atoms with E-state index in [2.05, 4.69) is 5.32 Å². The Labute approximate surface area is 164 Å². The summed E-state index contributed by atoms with van der Waals surface area (Å²) in [5.74, 6) is -2.86. The third-order valence-corrected chi connectivity index (χ3v) is 6.45. The summed E-state index contributed by atoms with van der Waals surface area (Å²) >= 11 is 11.7. The number of halogens is 3. The maximum Gasteiger partial charge on any atom is 0.257 e. The van der Waals surface area contributed by atoms with Crippen molar-refractivity contribution < 1.29 is 22.4 Å². The molecule has 2 aromatic carbocycles. The summed E-state index contributed by atoms with van der Waals surface area (Å²) < 4.78 is 38.4. The van der Waals surface area contributed by atoms with Crippen molar-refractivity contribution in [3.05, 3.63) is 57.8 Å². The van der Waals surface area contributed by atoms with Gasteiger partial charge in [0.25, 0.3) is 5.91 Å². The number of rotatable bonds is 3. The van der Waals surface area contributed by atoms with Crippen LogP contribution in [0.3, 0.4) is 0 Å². The monoisotopic (exact) mass is 430 g/mol. The minimum atomic E-state index is -3.81. The number of hydrogen-bond acceptors (Lipinski definition) is 4. The molecule has 1 saturated heterocycles. The number of amides is 2. The van der Waals surface area contributed by atoms with Crippen LogP contribution in [0.4, 0.5) is 15.8 Å². The van der Waals surface area contributed by atoms with E-state index in [-0.39, 0.29) is 32.7 Å². The molecule has 0 aliphatic carbocycles. The maximum atomic E-state index is 13.2. The van der Waals surface area contributed by atoms with Gasteiger partial charge in [-0.15, -0.1) is 0 Å². The molecule has 27 heavy (non-hydrogen) atoms. The summed E-state index contributed by atoms with van der Waals surface area (Å²) in [7, 11) is -3.81. The number of anilines is 2. The summed E-state index contributed by atoms with van der Waals surface area (Å²) in [5, 5.41) is 2.38. The van der Waals surface area contributed by atoms with Gasteiger partial charge in [0.2, 0.25) is 15.9 Å². The summed E-state index contributed by atoms with van der Waals surface area (Å²) in [6, 6.07) is 7.52. The molecule has 142 valence electrons. The van der Waals surface area contributed by atoms with Gasteiger partial charge in [0, 0.05) is 5.69 Å².